The van der Waals surface area contributed by atoms with Gasteiger partial charge in [0, 0.05) is 25.3 Å². The molecule has 0 unspecified atom stereocenters. The van der Waals surface area contributed by atoms with Crippen molar-refractivity contribution in [1.82, 2.24) is 10.2 Å². The minimum absolute atomic E-state index is 0.0245. The van der Waals surface area contributed by atoms with Crippen LogP contribution >= 0.6 is 0 Å². The molecule has 1 aromatic rings. The standard InChI is InChI=1S/C19H30N2O2/c1-2-3-4-11-20-19(23)18-7-5-16(6-8-18)14-21-12-9-17(15-22)10-13-21/h5-8,17,22H,2-4,9-15H2,1H3,(H,20,23). The summed E-state index contributed by atoms with van der Waals surface area (Å²) in [4.78, 5) is 14.5. The highest BCUT2D eigenvalue weighted by atomic mass is 16.3. The number of amides is 1. The number of hydrogen-bond donors (Lipinski definition) is 2. The van der Waals surface area contributed by atoms with E-state index in [9.17, 15) is 9.90 Å². The minimum Gasteiger partial charge on any atom is -0.396 e. The number of rotatable bonds is 8. The zero-order valence-corrected chi connectivity index (χ0v) is 14.3. The Morgan fingerprint density at radius 2 is 1.91 bits per heavy atom. The third-order valence-corrected chi connectivity index (χ3v) is 4.65. The highest BCUT2D eigenvalue weighted by molar-refractivity contribution is 5.94. The number of carbonyl (C=O) groups excluding carboxylic acids is 1. The molecule has 0 radical (unpaired) electrons. The summed E-state index contributed by atoms with van der Waals surface area (Å²) in [6.07, 6.45) is 5.53. The Morgan fingerprint density at radius 1 is 1.22 bits per heavy atom. The van der Waals surface area contributed by atoms with Gasteiger partial charge in [-0.25, -0.2) is 0 Å². The zero-order valence-electron chi connectivity index (χ0n) is 14.3. The van der Waals surface area contributed by atoms with Crippen LogP contribution in [0.25, 0.3) is 0 Å². The Kier molecular flexibility index (Phi) is 7.56. The molecular weight excluding hydrogens is 288 g/mol. The van der Waals surface area contributed by atoms with Gasteiger partial charge < -0.3 is 10.4 Å². The van der Waals surface area contributed by atoms with Gasteiger partial charge in [-0.2, -0.15) is 0 Å². The molecule has 1 fully saturated rings. The molecule has 128 valence electrons. The maximum Gasteiger partial charge on any atom is 0.251 e. The van der Waals surface area contributed by atoms with Crippen molar-refractivity contribution >= 4 is 5.91 Å². The minimum atomic E-state index is 0.0245. The van der Waals surface area contributed by atoms with Gasteiger partial charge in [0.1, 0.15) is 0 Å². The van der Waals surface area contributed by atoms with Gasteiger partial charge in [-0.3, -0.25) is 9.69 Å². The van der Waals surface area contributed by atoms with Crippen LogP contribution in [0.1, 0.15) is 54.9 Å². The fourth-order valence-corrected chi connectivity index (χ4v) is 3.03. The molecule has 1 heterocycles. The highest BCUT2D eigenvalue weighted by Crippen LogP contribution is 2.18. The second-order valence-electron chi connectivity index (χ2n) is 6.56. The van der Waals surface area contributed by atoms with Gasteiger partial charge in [-0.15, -0.1) is 0 Å². The predicted octanol–water partition coefficient (Wildman–Crippen LogP) is 2.81. The summed E-state index contributed by atoms with van der Waals surface area (Å²) < 4.78 is 0. The van der Waals surface area contributed by atoms with E-state index < -0.39 is 0 Å². The first-order valence-corrected chi connectivity index (χ1v) is 8.93. The third-order valence-electron chi connectivity index (χ3n) is 4.65. The van der Waals surface area contributed by atoms with Crippen LogP contribution in [0.5, 0.6) is 0 Å². The number of benzene rings is 1. The molecule has 2 N–H and O–H groups in total. The molecule has 1 aliphatic rings. The lowest BCUT2D eigenvalue weighted by Gasteiger charge is -2.31. The van der Waals surface area contributed by atoms with Crippen molar-refractivity contribution in [1.29, 1.82) is 0 Å². The van der Waals surface area contributed by atoms with E-state index in [1.807, 2.05) is 12.1 Å². The number of likely N-dealkylation sites (tertiary alicyclic amines) is 1. The lowest BCUT2D eigenvalue weighted by molar-refractivity contribution is 0.0953. The molecule has 0 aromatic heterocycles. The van der Waals surface area contributed by atoms with E-state index in [0.717, 1.165) is 57.4 Å². The Bertz CT molecular complexity index is 465. The van der Waals surface area contributed by atoms with Gasteiger partial charge in [0.2, 0.25) is 0 Å². The van der Waals surface area contributed by atoms with Crippen LogP contribution in [0.2, 0.25) is 0 Å². The number of aliphatic hydroxyl groups is 1. The number of piperidine rings is 1. The second-order valence-corrected chi connectivity index (χ2v) is 6.56. The highest BCUT2D eigenvalue weighted by Gasteiger charge is 2.18. The zero-order chi connectivity index (χ0) is 16.5. The quantitative estimate of drug-likeness (QED) is 0.725. The molecule has 2 rings (SSSR count). The monoisotopic (exact) mass is 318 g/mol. The second kappa shape index (κ2) is 9.68. The lowest BCUT2D eigenvalue weighted by Crippen LogP contribution is -2.34. The number of aliphatic hydroxyl groups excluding tert-OH is 1. The van der Waals surface area contributed by atoms with Crippen molar-refractivity contribution < 1.29 is 9.90 Å². The molecule has 0 spiro atoms. The van der Waals surface area contributed by atoms with Gasteiger partial charge >= 0.3 is 0 Å². The van der Waals surface area contributed by atoms with Crippen molar-refractivity contribution in [2.24, 2.45) is 5.92 Å². The molecule has 4 heteroatoms. The van der Waals surface area contributed by atoms with Gasteiger partial charge in [0.15, 0.2) is 0 Å². The third kappa shape index (κ3) is 5.96. The van der Waals surface area contributed by atoms with Crippen molar-refractivity contribution in [3.05, 3.63) is 35.4 Å². The molecule has 0 bridgehead atoms. The van der Waals surface area contributed by atoms with Crippen molar-refractivity contribution in [2.45, 2.75) is 45.6 Å². The van der Waals surface area contributed by atoms with E-state index in [1.54, 1.807) is 0 Å². The maximum absolute atomic E-state index is 12.0. The van der Waals surface area contributed by atoms with Crippen molar-refractivity contribution in [2.75, 3.05) is 26.2 Å². The van der Waals surface area contributed by atoms with Crippen LogP contribution < -0.4 is 5.32 Å². The number of nitrogens with one attached hydrogen (secondary N) is 1. The molecule has 1 saturated heterocycles. The lowest BCUT2D eigenvalue weighted by atomic mass is 9.97. The summed E-state index contributed by atoms with van der Waals surface area (Å²) in [5, 5.41) is 12.2. The van der Waals surface area contributed by atoms with E-state index in [-0.39, 0.29) is 5.91 Å². The molecule has 4 nitrogen and oxygen atoms in total. The van der Waals surface area contributed by atoms with Gasteiger partial charge in [-0.1, -0.05) is 31.9 Å². The fourth-order valence-electron chi connectivity index (χ4n) is 3.03. The predicted molar refractivity (Wildman–Crippen MR) is 93.4 cm³/mol. The van der Waals surface area contributed by atoms with Crippen molar-refractivity contribution in [3.63, 3.8) is 0 Å². The Balaban J connectivity index is 1.77. The van der Waals surface area contributed by atoms with E-state index in [0.29, 0.717) is 12.5 Å². The molecular formula is C19H30N2O2. The van der Waals surface area contributed by atoms with E-state index in [4.69, 9.17) is 0 Å². The largest absolute Gasteiger partial charge is 0.396 e. The topological polar surface area (TPSA) is 52.6 Å². The summed E-state index contributed by atoms with van der Waals surface area (Å²) in [6, 6.07) is 7.95. The van der Waals surface area contributed by atoms with E-state index >= 15 is 0 Å². The van der Waals surface area contributed by atoms with Crippen LogP contribution in [0.15, 0.2) is 24.3 Å². The molecule has 1 aromatic carbocycles. The van der Waals surface area contributed by atoms with Crippen LogP contribution in [0.4, 0.5) is 0 Å². The number of nitrogens with zero attached hydrogens (tertiary/aromatic N) is 1. The molecule has 1 amide bonds. The van der Waals surface area contributed by atoms with E-state index in [2.05, 4.69) is 29.3 Å². The molecule has 1 aliphatic heterocycles. The molecule has 0 atom stereocenters. The molecule has 23 heavy (non-hydrogen) atoms. The summed E-state index contributed by atoms with van der Waals surface area (Å²) in [5.41, 5.74) is 1.99. The van der Waals surface area contributed by atoms with Crippen LogP contribution in [-0.2, 0) is 6.54 Å². The van der Waals surface area contributed by atoms with Crippen LogP contribution in [0, 0.1) is 5.92 Å². The van der Waals surface area contributed by atoms with Gasteiger partial charge in [-0.05, 0) is 56.0 Å². The van der Waals surface area contributed by atoms with Crippen LogP contribution in [-0.4, -0.2) is 42.2 Å². The Labute approximate surface area is 139 Å². The average molecular weight is 318 g/mol. The van der Waals surface area contributed by atoms with Gasteiger partial charge in [0.25, 0.3) is 5.91 Å². The summed E-state index contributed by atoms with van der Waals surface area (Å²) in [7, 11) is 0. The first-order chi connectivity index (χ1) is 11.2. The number of unbranched alkanes of at least 4 members (excludes halogenated alkanes) is 2. The average Bonchev–Trinajstić information content (AvgIpc) is 2.60. The number of carbonyl (C=O) groups is 1. The fraction of sp³-hybridized carbons (Fsp3) is 0.632. The smallest absolute Gasteiger partial charge is 0.251 e. The first-order valence-electron chi connectivity index (χ1n) is 8.93. The molecule has 0 saturated carbocycles. The number of hydrogen-bond acceptors (Lipinski definition) is 3. The Hall–Kier alpha value is -1.39. The normalized spacial score (nSPS) is 16.4. The summed E-state index contributed by atoms with van der Waals surface area (Å²) in [5.74, 6) is 0.501. The van der Waals surface area contributed by atoms with Gasteiger partial charge in [0.05, 0.1) is 0 Å². The maximum atomic E-state index is 12.0. The van der Waals surface area contributed by atoms with E-state index in [1.165, 1.54) is 12.0 Å². The summed E-state index contributed by atoms with van der Waals surface area (Å²) >= 11 is 0. The summed E-state index contributed by atoms with van der Waals surface area (Å²) in [6.45, 7) is 6.25. The van der Waals surface area contributed by atoms with Crippen LogP contribution in [0.3, 0.4) is 0 Å². The molecule has 0 aliphatic carbocycles. The van der Waals surface area contributed by atoms with Crippen molar-refractivity contribution in [3.8, 4) is 0 Å². The first kappa shape index (κ1) is 18.0. The SMILES string of the molecule is CCCCCNC(=O)c1ccc(CN2CCC(CO)CC2)cc1. The Morgan fingerprint density at radius 3 is 2.52 bits per heavy atom.